The lowest BCUT2D eigenvalue weighted by Crippen LogP contribution is -2.50. The Balaban J connectivity index is 0. The average molecular weight is 378 g/mol. The van der Waals surface area contributed by atoms with Gasteiger partial charge in [-0.25, -0.2) is 0 Å². The van der Waals surface area contributed by atoms with Crippen molar-refractivity contribution in [3.8, 4) is 0 Å². The molecule has 0 aromatic rings. The third-order valence-corrected chi connectivity index (χ3v) is 4.27. The molecule has 22 heavy (non-hydrogen) atoms. The van der Waals surface area contributed by atoms with Gasteiger partial charge in [-0.15, -0.1) is 37.2 Å². The van der Waals surface area contributed by atoms with Gasteiger partial charge in [-0.3, -0.25) is 9.69 Å². The Hall–Kier alpha value is 0.220. The first-order chi connectivity index (χ1) is 9.29. The second-order valence-electron chi connectivity index (χ2n) is 5.57. The Bertz CT molecular complexity index is 283. The fourth-order valence-corrected chi connectivity index (χ4v) is 2.87. The van der Waals surface area contributed by atoms with Crippen LogP contribution in [0.2, 0.25) is 0 Å². The van der Waals surface area contributed by atoms with Crippen molar-refractivity contribution in [1.82, 2.24) is 20.4 Å². The summed E-state index contributed by atoms with van der Waals surface area (Å²) < 4.78 is 0. The van der Waals surface area contributed by atoms with Gasteiger partial charge in [0, 0.05) is 39.3 Å². The van der Waals surface area contributed by atoms with E-state index in [2.05, 4.69) is 27.4 Å². The number of hydrogen-bond donors (Lipinski definition) is 2. The van der Waals surface area contributed by atoms with Crippen LogP contribution in [0.3, 0.4) is 0 Å². The lowest BCUT2D eigenvalue weighted by Gasteiger charge is -2.34. The first kappa shape index (κ1) is 24.5. The second kappa shape index (κ2) is 13.6. The van der Waals surface area contributed by atoms with E-state index in [9.17, 15) is 4.79 Å². The van der Waals surface area contributed by atoms with E-state index >= 15 is 0 Å². The number of nitrogens with zero attached hydrogens (tertiary/aromatic N) is 2. The molecule has 2 heterocycles. The van der Waals surface area contributed by atoms with Crippen molar-refractivity contribution in [2.45, 2.75) is 32.2 Å². The summed E-state index contributed by atoms with van der Waals surface area (Å²) in [5.74, 6) is 0.187. The molecule has 0 saturated carbocycles. The number of piperazine rings is 1. The molecule has 0 aromatic heterocycles. The molecule has 0 spiro atoms. The smallest absolute Gasteiger partial charge is 0.237 e. The third kappa shape index (κ3) is 8.18. The molecule has 2 aliphatic heterocycles. The molecule has 0 bridgehead atoms. The molecule has 2 N–H and O–H groups in total. The predicted octanol–water partition coefficient (Wildman–Crippen LogP) is 1.15. The number of amides is 1. The van der Waals surface area contributed by atoms with Crippen molar-refractivity contribution in [3.63, 3.8) is 0 Å². The van der Waals surface area contributed by atoms with E-state index in [1.54, 1.807) is 0 Å². The van der Waals surface area contributed by atoms with Gasteiger partial charge in [0.15, 0.2) is 0 Å². The van der Waals surface area contributed by atoms with Gasteiger partial charge in [0.05, 0.1) is 6.04 Å². The Kier molecular flexibility index (Phi) is 15.2. The number of piperidine rings is 1. The van der Waals surface area contributed by atoms with Crippen LogP contribution in [0.4, 0.5) is 0 Å². The highest BCUT2D eigenvalue weighted by atomic mass is 35.5. The minimum absolute atomic E-state index is 0. The summed E-state index contributed by atoms with van der Waals surface area (Å²) in [6, 6.07) is 0.0469. The number of carbonyl (C=O) groups excluding carboxylic acids is 1. The van der Waals surface area contributed by atoms with E-state index in [-0.39, 0.29) is 49.2 Å². The van der Waals surface area contributed by atoms with E-state index in [1.165, 1.54) is 12.8 Å². The minimum Gasteiger partial charge on any atom is -0.353 e. The van der Waals surface area contributed by atoms with Crippen molar-refractivity contribution in [1.29, 1.82) is 0 Å². The maximum Gasteiger partial charge on any atom is 0.237 e. The first-order valence-corrected chi connectivity index (χ1v) is 7.75. The zero-order valence-corrected chi connectivity index (χ0v) is 15.8. The number of nitrogens with one attached hydrogen (secondary N) is 2. The Morgan fingerprint density at radius 2 is 1.73 bits per heavy atom. The number of rotatable bonds is 5. The standard InChI is InChI=1S/C14H28N4O.3ClH/c1-2-17-9-11-18(12-10-17)8-7-16-14(19)13-5-3-4-6-15-13;;;/h13,15H,2-12H2,1H3,(H,16,19);3*1H. The van der Waals surface area contributed by atoms with Gasteiger partial charge >= 0.3 is 0 Å². The molecule has 1 unspecified atom stereocenters. The summed E-state index contributed by atoms with van der Waals surface area (Å²) in [4.78, 5) is 16.9. The Morgan fingerprint density at radius 1 is 1.09 bits per heavy atom. The summed E-state index contributed by atoms with van der Waals surface area (Å²) >= 11 is 0. The van der Waals surface area contributed by atoms with E-state index in [0.717, 1.165) is 58.8 Å². The van der Waals surface area contributed by atoms with Crippen LogP contribution in [0.1, 0.15) is 26.2 Å². The van der Waals surface area contributed by atoms with Crippen molar-refractivity contribution in [2.75, 3.05) is 52.4 Å². The average Bonchev–Trinajstić information content (AvgIpc) is 2.49. The van der Waals surface area contributed by atoms with Crippen LogP contribution in [0, 0.1) is 0 Å². The number of hydrogen-bond acceptors (Lipinski definition) is 4. The monoisotopic (exact) mass is 376 g/mol. The molecule has 1 atom stereocenters. The van der Waals surface area contributed by atoms with Gasteiger partial charge in [0.2, 0.25) is 5.91 Å². The molecule has 134 valence electrons. The molecule has 2 aliphatic rings. The van der Waals surface area contributed by atoms with Gasteiger partial charge in [0.1, 0.15) is 0 Å². The van der Waals surface area contributed by atoms with Gasteiger partial charge in [-0.1, -0.05) is 13.3 Å². The molecule has 2 fully saturated rings. The summed E-state index contributed by atoms with van der Waals surface area (Å²) in [6.07, 6.45) is 3.36. The van der Waals surface area contributed by atoms with Crippen molar-refractivity contribution in [2.24, 2.45) is 0 Å². The third-order valence-electron chi connectivity index (χ3n) is 4.27. The van der Waals surface area contributed by atoms with Gasteiger partial charge in [-0.2, -0.15) is 0 Å². The molecule has 0 radical (unpaired) electrons. The number of likely N-dealkylation sites (N-methyl/N-ethyl adjacent to an activating group) is 1. The molecular formula is C14H31Cl3N4O. The lowest BCUT2D eigenvalue weighted by atomic mass is 10.0. The van der Waals surface area contributed by atoms with E-state index in [4.69, 9.17) is 0 Å². The summed E-state index contributed by atoms with van der Waals surface area (Å²) in [6.45, 7) is 10.7. The van der Waals surface area contributed by atoms with Crippen LogP contribution in [0.15, 0.2) is 0 Å². The Morgan fingerprint density at radius 3 is 2.27 bits per heavy atom. The highest BCUT2D eigenvalue weighted by molar-refractivity contribution is 5.86. The van der Waals surface area contributed by atoms with E-state index < -0.39 is 0 Å². The molecule has 2 rings (SSSR count). The lowest BCUT2D eigenvalue weighted by molar-refractivity contribution is -0.123. The zero-order valence-electron chi connectivity index (χ0n) is 13.4. The molecule has 5 nitrogen and oxygen atoms in total. The zero-order chi connectivity index (χ0) is 13.5. The van der Waals surface area contributed by atoms with Crippen molar-refractivity contribution < 1.29 is 4.79 Å². The number of halogens is 3. The Labute approximate surface area is 153 Å². The van der Waals surface area contributed by atoms with Crippen LogP contribution >= 0.6 is 37.2 Å². The fraction of sp³-hybridized carbons (Fsp3) is 0.929. The summed E-state index contributed by atoms with van der Waals surface area (Å²) in [5.41, 5.74) is 0. The SMILES string of the molecule is CCN1CCN(CCNC(=O)C2CCCCN2)CC1.Cl.Cl.Cl. The van der Waals surface area contributed by atoms with Crippen LogP contribution in [0.25, 0.3) is 0 Å². The maximum atomic E-state index is 11.9. The molecule has 8 heteroatoms. The molecule has 0 aromatic carbocycles. The first-order valence-electron chi connectivity index (χ1n) is 7.75. The largest absolute Gasteiger partial charge is 0.353 e. The highest BCUT2D eigenvalue weighted by Crippen LogP contribution is 2.06. The van der Waals surface area contributed by atoms with Crippen molar-refractivity contribution >= 4 is 43.1 Å². The van der Waals surface area contributed by atoms with Gasteiger partial charge in [-0.05, 0) is 25.9 Å². The van der Waals surface area contributed by atoms with Crippen molar-refractivity contribution in [3.05, 3.63) is 0 Å². The second-order valence-corrected chi connectivity index (χ2v) is 5.57. The van der Waals surface area contributed by atoms with Gasteiger partial charge in [0.25, 0.3) is 0 Å². The normalized spacial score (nSPS) is 22.7. The summed E-state index contributed by atoms with van der Waals surface area (Å²) in [7, 11) is 0. The maximum absolute atomic E-state index is 11.9. The minimum atomic E-state index is 0. The topological polar surface area (TPSA) is 47.6 Å². The fourth-order valence-electron chi connectivity index (χ4n) is 2.87. The molecular weight excluding hydrogens is 347 g/mol. The summed E-state index contributed by atoms with van der Waals surface area (Å²) in [5, 5.41) is 6.36. The van der Waals surface area contributed by atoms with Gasteiger partial charge < -0.3 is 15.5 Å². The van der Waals surface area contributed by atoms with E-state index in [0.29, 0.717) is 0 Å². The quantitative estimate of drug-likeness (QED) is 0.754. The number of carbonyl (C=O) groups is 1. The van der Waals surface area contributed by atoms with Crippen LogP contribution in [0.5, 0.6) is 0 Å². The van der Waals surface area contributed by atoms with Crippen LogP contribution < -0.4 is 10.6 Å². The van der Waals surface area contributed by atoms with Crippen LogP contribution in [-0.2, 0) is 4.79 Å². The predicted molar refractivity (Wildman–Crippen MR) is 98.9 cm³/mol. The molecule has 0 aliphatic carbocycles. The van der Waals surface area contributed by atoms with E-state index in [1.807, 2.05) is 0 Å². The van der Waals surface area contributed by atoms with Crippen LogP contribution in [-0.4, -0.2) is 74.1 Å². The molecule has 1 amide bonds. The molecule has 2 saturated heterocycles. The highest BCUT2D eigenvalue weighted by Gasteiger charge is 2.20.